The zero-order chi connectivity index (χ0) is 11.5. The van der Waals surface area contributed by atoms with Gasteiger partial charge in [-0.1, -0.05) is 49.2 Å². The standard InChI is InChI=1S/C15H20O/c1-3-7-13-10-14(16)15(11(13)2)12-8-5-4-6-9-12/h4-6,8-9,13-14,16H,3,7,10H2,1-2H3. The maximum absolute atomic E-state index is 10.2. The first-order chi connectivity index (χ1) is 7.74. The van der Waals surface area contributed by atoms with Crippen LogP contribution in [0, 0.1) is 5.92 Å². The molecule has 1 heteroatoms. The fraction of sp³-hybridized carbons (Fsp3) is 0.467. The van der Waals surface area contributed by atoms with Crippen molar-refractivity contribution in [3.05, 3.63) is 41.5 Å². The first-order valence-corrected chi connectivity index (χ1v) is 6.18. The highest BCUT2D eigenvalue weighted by molar-refractivity contribution is 5.73. The lowest BCUT2D eigenvalue weighted by Crippen LogP contribution is -2.05. The van der Waals surface area contributed by atoms with Crippen molar-refractivity contribution >= 4 is 5.57 Å². The van der Waals surface area contributed by atoms with Crippen LogP contribution in [0.15, 0.2) is 35.9 Å². The molecular weight excluding hydrogens is 196 g/mol. The number of hydrogen-bond acceptors (Lipinski definition) is 1. The highest BCUT2D eigenvalue weighted by Crippen LogP contribution is 2.39. The number of hydrogen-bond donors (Lipinski definition) is 1. The normalized spacial score (nSPS) is 25.2. The monoisotopic (exact) mass is 216 g/mol. The molecule has 0 radical (unpaired) electrons. The van der Waals surface area contributed by atoms with Crippen molar-refractivity contribution in [2.24, 2.45) is 5.92 Å². The van der Waals surface area contributed by atoms with Gasteiger partial charge in [-0.3, -0.25) is 0 Å². The Kier molecular flexibility index (Phi) is 3.45. The Labute approximate surface area is 97.8 Å². The van der Waals surface area contributed by atoms with E-state index in [1.165, 1.54) is 29.6 Å². The molecule has 0 fully saturated rings. The van der Waals surface area contributed by atoms with Gasteiger partial charge in [-0.15, -0.1) is 0 Å². The third kappa shape index (κ3) is 2.05. The lowest BCUT2D eigenvalue weighted by molar-refractivity contribution is 0.215. The maximum Gasteiger partial charge on any atom is 0.0801 e. The average Bonchev–Trinajstić information content (AvgIpc) is 2.56. The van der Waals surface area contributed by atoms with Gasteiger partial charge in [0.05, 0.1) is 6.10 Å². The summed E-state index contributed by atoms with van der Waals surface area (Å²) in [5, 5.41) is 10.2. The van der Waals surface area contributed by atoms with Gasteiger partial charge < -0.3 is 5.11 Å². The second-order valence-electron chi connectivity index (χ2n) is 4.70. The van der Waals surface area contributed by atoms with E-state index in [0.717, 1.165) is 6.42 Å². The molecule has 16 heavy (non-hydrogen) atoms. The Hall–Kier alpha value is -1.08. The number of aliphatic hydroxyl groups is 1. The van der Waals surface area contributed by atoms with Crippen molar-refractivity contribution in [1.82, 2.24) is 0 Å². The zero-order valence-corrected chi connectivity index (χ0v) is 10.1. The van der Waals surface area contributed by atoms with Crippen LogP contribution in [0.2, 0.25) is 0 Å². The number of aliphatic hydroxyl groups excluding tert-OH is 1. The highest BCUT2D eigenvalue weighted by atomic mass is 16.3. The SMILES string of the molecule is CCCC1CC(O)C(c2ccccc2)=C1C. The van der Waals surface area contributed by atoms with E-state index in [9.17, 15) is 5.11 Å². The van der Waals surface area contributed by atoms with Gasteiger partial charge in [-0.2, -0.15) is 0 Å². The summed E-state index contributed by atoms with van der Waals surface area (Å²) in [6.45, 7) is 4.39. The van der Waals surface area contributed by atoms with Crippen molar-refractivity contribution < 1.29 is 5.11 Å². The molecule has 0 bridgehead atoms. The van der Waals surface area contributed by atoms with Crippen LogP contribution in [0.1, 0.15) is 38.7 Å². The Morgan fingerprint density at radius 2 is 1.94 bits per heavy atom. The molecule has 1 aliphatic carbocycles. The molecule has 0 saturated heterocycles. The molecule has 0 amide bonds. The summed E-state index contributed by atoms with van der Waals surface area (Å²) in [5.74, 6) is 0.579. The minimum Gasteiger partial charge on any atom is -0.388 e. The summed E-state index contributed by atoms with van der Waals surface area (Å²) in [5.41, 5.74) is 3.74. The average molecular weight is 216 g/mol. The van der Waals surface area contributed by atoms with E-state index in [1.54, 1.807) is 0 Å². The van der Waals surface area contributed by atoms with Crippen molar-refractivity contribution in [2.45, 2.75) is 39.2 Å². The van der Waals surface area contributed by atoms with Gasteiger partial charge in [0.15, 0.2) is 0 Å². The van der Waals surface area contributed by atoms with Crippen LogP contribution in [0.4, 0.5) is 0 Å². The molecule has 1 aliphatic rings. The Morgan fingerprint density at radius 3 is 2.56 bits per heavy atom. The van der Waals surface area contributed by atoms with E-state index in [2.05, 4.69) is 26.0 Å². The molecule has 2 atom stereocenters. The van der Waals surface area contributed by atoms with E-state index in [1.807, 2.05) is 18.2 Å². The molecule has 2 rings (SSSR count). The van der Waals surface area contributed by atoms with Crippen LogP contribution in [0.25, 0.3) is 5.57 Å². The van der Waals surface area contributed by atoms with Gasteiger partial charge in [-0.05, 0) is 36.8 Å². The highest BCUT2D eigenvalue weighted by Gasteiger charge is 2.29. The molecule has 1 aromatic rings. The number of rotatable bonds is 3. The molecular formula is C15H20O. The molecule has 0 aromatic heterocycles. The number of benzene rings is 1. The number of allylic oxidation sites excluding steroid dienone is 1. The fourth-order valence-electron chi connectivity index (χ4n) is 2.77. The van der Waals surface area contributed by atoms with Gasteiger partial charge in [0.25, 0.3) is 0 Å². The summed E-state index contributed by atoms with van der Waals surface area (Å²) < 4.78 is 0. The maximum atomic E-state index is 10.2. The van der Waals surface area contributed by atoms with Crippen LogP contribution >= 0.6 is 0 Å². The molecule has 0 heterocycles. The topological polar surface area (TPSA) is 20.2 Å². The van der Waals surface area contributed by atoms with Gasteiger partial charge >= 0.3 is 0 Å². The third-order valence-corrected chi connectivity index (χ3v) is 3.60. The Morgan fingerprint density at radius 1 is 1.25 bits per heavy atom. The van der Waals surface area contributed by atoms with Crippen LogP contribution < -0.4 is 0 Å². The first-order valence-electron chi connectivity index (χ1n) is 6.18. The van der Waals surface area contributed by atoms with Gasteiger partial charge in [0.2, 0.25) is 0 Å². The second kappa shape index (κ2) is 4.84. The van der Waals surface area contributed by atoms with Crippen molar-refractivity contribution in [3.63, 3.8) is 0 Å². The smallest absolute Gasteiger partial charge is 0.0801 e. The lowest BCUT2D eigenvalue weighted by atomic mass is 9.96. The molecule has 0 aliphatic heterocycles. The van der Waals surface area contributed by atoms with Crippen LogP contribution in [0.5, 0.6) is 0 Å². The van der Waals surface area contributed by atoms with Gasteiger partial charge in [0.1, 0.15) is 0 Å². The molecule has 1 aromatic carbocycles. The first kappa shape index (κ1) is 11.4. The van der Waals surface area contributed by atoms with Gasteiger partial charge in [0, 0.05) is 0 Å². The Bertz CT molecular complexity index is 378. The molecule has 0 spiro atoms. The van der Waals surface area contributed by atoms with Crippen molar-refractivity contribution in [3.8, 4) is 0 Å². The minimum atomic E-state index is -0.265. The summed E-state index contributed by atoms with van der Waals surface area (Å²) in [7, 11) is 0. The molecule has 1 nitrogen and oxygen atoms in total. The lowest BCUT2D eigenvalue weighted by Gasteiger charge is -2.09. The predicted molar refractivity (Wildman–Crippen MR) is 68.1 cm³/mol. The largest absolute Gasteiger partial charge is 0.388 e. The molecule has 1 N–H and O–H groups in total. The summed E-state index contributed by atoms with van der Waals surface area (Å²) >= 11 is 0. The Balaban J connectivity index is 2.32. The van der Waals surface area contributed by atoms with Crippen molar-refractivity contribution in [2.75, 3.05) is 0 Å². The van der Waals surface area contributed by atoms with E-state index in [4.69, 9.17) is 0 Å². The summed E-state index contributed by atoms with van der Waals surface area (Å²) in [6.07, 6.45) is 3.03. The predicted octanol–water partition coefficient (Wildman–Crippen LogP) is 3.64. The van der Waals surface area contributed by atoms with Gasteiger partial charge in [-0.25, -0.2) is 0 Å². The van der Waals surface area contributed by atoms with Crippen molar-refractivity contribution in [1.29, 1.82) is 0 Å². The van der Waals surface area contributed by atoms with E-state index in [-0.39, 0.29) is 6.10 Å². The second-order valence-corrected chi connectivity index (χ2v) is 4.70. The minimum absolute atomic E-state index is 0.265. The van der Waals surface area contributed by atoms with Crippen LogP contribution in [-0.4, -0.2) is 11.2 Å². The van der Waals surface area contributed by atoms with E-state index >= 15 is 0 Å². The van der Waals surface area contributed by atoms with E-state index in [0.29, 0.717) is 5.92 Å². The van der Waals surface area contributed by atoms with E-state index < -0.39 is 0 Å². The van der Waals surface area contributed by atoms with Crippen LogP contribution in [-0.2, 0) is 0 Å². The summed E-state index contributed by atoms with van der Waals surface area (Å²) in [6, 6.07) is 10.3. The molecule has 86 valence electrons. The quantitative estimate of drug-likeness (QED) is 0.817. The zero-order valence-electron chi connectivity index (χ0n) is 10.1. The third-order valence-electron chi connectivity index (χ3n) is 3.60. The molecule has 2 unspecified atom stereocenters. The fourth-order valence-corrected chi connectivity index (χ4v) is 2.77. The van der Waals surface area contributed by atoms with Crippen LogP contribution in [0.3, 0.4) is 0 Å². The molecule has 0 saturated carbocycles. The summed E-state index contributed by atoms with van der Waals surface area (Å²) in [4.78, 5) is 0.